The molecule has 0 saturated heterocycles. The van der Waals surface area contributed by atoms with Crippen molar-refractivity contribution in [2.75, 3.05) is 0 Å². The first-order valence-corrected chi connectivity index (χ1v) is 5.66. The average molecular weight is 254 g/mol. The number of hydrogen-bond donors (Lipinski definition) is 2. The van der Waals surface area contributed by atoms with Crippen molar-refractivity contribution in [1.29, 1.82) is 0 Å². The third-order valence-corrected chi connectivity index (χ3v) is 2.48. The predicted molar refractivity (Wildman–Crippen MR) is 69.9 cm³/mol. The lowest BCUT2D eigenvalue weighted by Crippen LogP contribution is -2.09. The second-order valence-corrected chi connectivity index (χ2v) is 3.94. The molecule has 0 unspecified atom stereocenters. The van der Waals surface area contributed by atoms with Gasteiger partial charge in [0.1, 0.15) is 5.82 Å². The highest BCUT2D eigenvalue weighted by Crippen LogP contribution is 2.16. The highest BCUT2D eigenvalue weighted by Gasteiger charge is 2.07. The molecule has 0 fully saturated rings. The Labute approximate surface area is 107 Å². The van der Waals surface area contributed by atoms with Crippen molar-refractivity contribution in [3.63, 3.8) is 0 Å². The van der Waals surface area contributed by atoms with Crippen LogP contribution in [0.15, 0.2) is 45.4 Å². The zero-order valence-corrected chi connectivity index (χ0v) is 10.1. The summed E-state index contributed by atoms with van der Waals surface area (Å²) in [5.41, 5.74) is 1.05. The number of azo groups is 1. The molecule has 2 N–H and O–H groups in total. The molecule has 94 valence electrons. The van der Waals surface area contributed by atoms with Crippen LogP contribution in [0.25, 0.3) is 11.2 Å². The molecule has 0 aliphatic rings. The van der Waals surface area contributed by atoms with Crippen molar-refractivity contribution in [2.24, 2.45) is 10.2 Å². The third-order valence-electron chi connectivity index (χ3n) is 2.48. The van der Waals surface area contributed by atoms with Crippen molar-refractivity contribution in [3.8, 4) is 0 Å². The summed E-state index contributed by atoms with van der Waals surface area (Å²) in [6, 6.07) is 9.26. The Bertz CT molecular complexity index is 802. The summed E-state index contributed by atoms with van der Waals surface area (Å²) in [4.78, 5) is 25.2. The number of aryl methyl sites for hydroxylation is 1. The maximum Gasteiger partial charge on any atom is 0.279 e. The molecular weight excluding hydrogens is 244 g/mol. The summed E-state index contributed by atoms with van der Waals surface area (Å²) in [7, 11) is 0. The molecule has 3 aromatic rings. The molecule has 0 aliphatic carbocycles. The molecule has 7 heteroatoms. The average Bonchev–Trinajstić information content (AvgIpc) is 2.81. The monoisotopic (exact) mass is 254 g/mol. The largest absolute Gasteiger partial charge is 0.309 e. The van der Waals surface area contributed by atoms with E-state index in [1.165, 1.54) is 0 Å². The van der Waals surface area contributed by atoms with Crippen LogP contribution in [0.5, 0.6) is 0 Å². The molecular formula is C12H10N6O. The minimum atomic E-state index is -0.292. The van der Waals surface area contributed by atoms with E-state index in [0.29, 0.717) is 17.2 Å². The number of benzene rings is 1. The van der Waals surface area contributed by atoms with Gasteiger partial charge in [-0.1, -0.05) is 18.2 Å². The van der Waals surface area contributed by atoms with Gasteiger partial charge in [0.2, 0.25) is 5.95 Å². The van der Waals surface area contributed by atoms with Crippen LogP contribution in [0.1, 0.15) is 5.82 Å². The van der Waals surface area contributed by atoms with E-state index in [1.54, 1.807) is 6.92 Å². The van der Waals surface area contributed by atoms with Crippen molar-refractivity contribution >= 4 is 22.8 Å². The van der Waals surface area contributed by atoms with E-state index in [4.69, 9.17) is 0 Å². The number of aromatic nitrogens is 4. The summed E-state index contributed by atoms with van der Waals surface area (Å²) in [5.74, 6) is 0.773. The molecule has 0 atom stereocenters. The van der Waals surface area contributed by atoms with E-state index in [9.17, 15) is 4.79 Å². The minimum Gasteiger partial charge on any atom is -0.309 e. The molecule has 0 radical (unpaired) electrons. The van der Waals surface area contributed by atoms with Crippen LogP contribution in [-0.4, -0.2) is 19.9 Å². The number of fused-ring (bicyclic) bond motifs is 1. The Morgan fingerprint density at radius 3 is 2.63 bits per heavy atom. The van der Waals surface area contributed by atoms with Gasteiger partial charge in [0, 0.05) is 0 Å². The fourth-order valence-electron chi connectivity index (χ4n) is 1.66. The van der Waals surface area contributed by atoms with Crippen molar-refractivity contribution in [1.82, 2.24) is 19.9 Å². The van der Waals surface area contributed by atoms with Crippen LogP contribution in [0.2, 0.25) is 0 Å². The van der Waals surface area contributed by atoms with Gasteiger partial charge < -0.3 is 9.97 Å². The van der Waals surface area contributed by atoms with E-state index < -0.39 is 0 Å². The molecule has 3 rings (SSSR count). The summed E-state index contributed by atoms with van der Waals surface area (Å²) < 4.78 is 0. The molecule has 0 aliphatic heterocycles. The Balaban J connectivity index is 2.01. The molecule has 0 saturated carbocycles. The first kappa shape index (κ1) is 11.3. The summed E-state index contributed by atoms with van der Waals surface area (Å²) >= 11 is 0. The molecule has 2 heterocycles. The van der Waals surface area contributed by atoms with E-state index in [2.05, 4.69) is 30.2 Å². The topological polar surface area (TPSA) is 99.1 Å². The van der Waals surface area contributed by atoms with Crippen LogP contribution in [0.4, 0.5) is 11.6 Å². The first-order chi connectivity index (χ1) is 9.22. The number of hydrogen-bond acceptors (Lipinski definition) is 5. The second-order valence-electron chi connectivity index (χ2n) is 3.94. The fourth-order valence-corrected chi connectivity index (χ4v) is 1.66. The van der Waals surface area contributed by atoms with Crippen molar-refractivity contribution in [3.05, 3.63) is 46.5 Å². The van der Waals surface area contributed by atoms with Crippen LogP contribution in [0.3, 0.4) is 0 Å². The number of rotatable bonds is 2. The van der Waals surface area contributed by atoms with Crippen molar-refractivity contribution in [2.45, 2.75) is 6.92 Å². The van der Waals surface area contributed by atoms with Gasteiger partial charge in [0.15, 0.2) is 11.2 Å². The van der Waals surface area contributed by atoms with Crippen LogP contribution < -0.4 is 5.56 Å². The molecule has 19 heavy (non-hydrogen) atoms. The summed E-state index contributed by atoms with van der Waals surface area (Å²) in [6.45, 7) is 1.70. The highest BCUT2D eigenvalue weighted by molar-refractivity contribution is 5.71. The lowest BCUT2D eigenvalue weighted by molar-refractivity contribution is 1.05. The Morgan fingerprint density at radius 1 is 1.05 bits per heavy atom. The number of nitrogens with one attached hydrogen (secondary N) is 2. The molecule has 1 aromatic carbocycles. The van der Waals surface area contributed by atoms with Gasteiger partial charge >= 0.3 is 0 Å². The number of H-pyrrole nitrogens is 2. The van der Waals surface area contributed by atoms with Crippen LogP contribution >= 0.6 is 0 Å². The molecule has 7 nitrogen and oxygen atoms in total. The van der Waals surface area contributed by atoms with E-state index in [1.807, 2.05) is 30.3 Å². The lowest BCUT2D eigenvalue weighted by Gasteiger charge is -1.89. The molecule has 0 amide bonds. The fraction of sp³-hybridized carbons (Fsp3) is 0.0833. The smallest absolute Gasteiger partial charge is 0.279 e. The molecule has 0 bridgehead atoms. The maximum absolute atomic E-state index is 11.6. The van der Waals surface area contributed by atoms with Crippen LogP contribution in [-0.2, 0) is 0 Å². The van der Waals surface area contributed by atoms with Crippen molar-refractivity contribution < 1.29 is 0 Å². The number of nitrogens with zero attached hydrogens (tertiary/aromatic N) is 4. The van der Waals surface area contributed by atoms with E-state index >= 15 is 0 Å². The van der Waals surface area contributed by atoms with Gasteiger partial charge in [-0.25, -0.2) is 9.97 Å². The molecule has 0 spiro atoms. The van der Waals surface area contributed by atoms with E-state index in [-0.39, 0.29) is 17.0 Å². The Morgan fingerprint density at radius 2 is 1.84 bits per heavy atom. The quantitative estimate of drug-likeness (QED) is 0.686. The minimum absolute atomic E-state index is 0.229. The Kier molecular flexibility index (Phi) is 2.64. The van der Waals surface area contributed by atoms with Gasteiger partial charge in [0.05, 0.1) is 5.69 Å². The van der Waals surface area contributed by atoms with E-state index in [0.717, 1.165) is 0 Å². The van der Waals surface area contributed by atoms with Gasteiger partial charge in [0.25, 0.3) is 5.56 Å². The maximum atomic E-state index is 11.6. The SMILES string of the molecule is Cc1nc2[nH]c(/N=N/c3ccccc3)nc2c(=O)[nH]1. The Hall–Kier alpha value is -2.83. The molecule has 2 aromatic heterocycles. The van der Waals surface area contributed by atoms with Gasteiger partial charge in [-0.15, -0.1) is 10.2 Å². The summed E-state index contributed by atoms with van der Waals surface area (Å²) in [5, 5.41) is 7.97. The second kappa shape index (κ2) is 4.45. The number of imidazole rings is 1. The van der Waals surface area contributed by atoms with Gasteiger partial charge in [-0.05, 0) is 19.1 Å². The van der Waals surface area contributed by atoms with Gasteiger partial charge in [-0.3, -0.25) is 4.79 Å². The lowest BCUT2D eigenvalue weighted by atomic mass is 10.3. The standard InChI is InChI=1S/C12H10N6O/c1-7-13-10-9(11(19)14-7)15-12(16-10)18-17-8-5-3-2-4-6-8/h2-6H,1H3,(H2,13,14,15,16,19)/b18-17+. The first-order valence-electron chi connectivity index (χ1n) is 5.66. The predicted octanol–water partition coefficient (Wildman–Crippen LogP) is 2.37. The summed E-state index contributed by atoms with van der Waals surface area (Å²) in [6.07, 6.45) is 0. The van der Waals surface area contributed by atoms with Gasteiger partial charge in [-0.2, -0.15) is 0 Å². The zero-order chi connectivity index (χ0) is 13.2. The number of aromatic amines is 2. The highest BCUT2D eigenvalue weighted by atomic mass is 16.1. The third kappa shape index (κ3) is 2.25. The zero-order valence-electron chi connectivity index (χ0n) is 10.1. The van der Waals surface area contributed by atoms with Crippen LogP contribution in [0, 0.1) is 6.92 Å². The normalized spacial score (nSPS) is 11.4.